The summed E-state index contributed by atoms with van der Waals surface area (Å²) in [4.78, 5) is 10.9. The van der Waals surface area contributed by atoms with Crippen LogP contribution in [0.1, 0.15) is 24.3 Å². The molecule has 1 aliphatic carbocycles. The van der Waals surface area contributed by atoms with E-state index in [0.29, 0.717) is 24.3 Å². The number of nitrogens with zero attached hydrogens (tertiary/aromatic N) is 4. The van der Waals surface area contributed by atoms with E-state index in [4.69, 9.17) is 4.52 Å². The average molecular weight is 324 g/mol. The van der Waals surface area contributed by atoms with Crippen molar-refractivity contribution in [1.29, 1.82) is 0 Å². The van der Waals surface area contributed by atoms with Crippen LogP contribution in [0.15, 0.2) is 53.3 Å². The maximum atomic E-state index is 13.0. The smallest absolute Gasteiger partial charge is 0.241 e. The van der Waals surface area contributed by atoms with Crippen LogP contribution in [0.25, 0.3) is 11.4 Å². The summed E-state index contributed by atoms with van der Waals surface area (Å²) in [5.41, 5.74) is 1.92. The molecule has 5 nitrogen and oxygen atoms in total. The van der Waals surface area contributed by atoms with Crippen molar-refractivity contribution < 1.29 is 8.91 Å². The van der Waals surface area contributed by atoms with E-state index in [1.54, 1.807) is 18.3 Å². The Balaban J connectivity index is 1.48. The lowest BCUT2D eigenvalue weighted by atomic mass is 10.2. The summed E-state index contributed by atoms with van der Waals surface area (Å²) < 4.78 is 18.4. The van der Waals surface area contributed by atoms with E-state index in [2.05, 4.69) is 26.1 Å². The van der Waals surface area contributed by atoms with Crippen LogP contribution < -0.4 is 0 Å². The summed E-state index contributed by atoms with van der Waals surface area (Å²) in [6, 6.07) is 10.7. The molecule has 6 heteroatoms. The van der Waals surface area contributed by atoms with E-state index < -0.39 is 0 Å². The van der Waals surface area contributed by atoms with Crippen molar-refractivity contribution >= 4 is 0 Å². The molecule has 1 aliphatic rings. The van der Waals surface area contributed by atoms with Crippen molar-refractivity contribution in [2.45, 2.75) is 32.0 Å². The first-order chi connectivity index (χ1) is 11.8. The van der Waals surface area contributed by atoms with Gasteiger partial charge in [-0.1, -0.05) is 11.2 Å². The molecule has 1 saturated carbocycles. The van der Waals surface area contributed by atoms with Crippen LogP contribution >= 0.6 is 0 Å². The highest BCUT2D eigenvalue weighted by Gasteiger charge is 2.30. The monoisotopic (exact) mass is 324 g/mol. The van der Waals surface area contributed by atoms with Gasteiger partial charge in [0, 0.05) is 30.5 Å². The Hall–Kier alpha value is -2.60. The van der Waals surface area contributed by atoms with Gasteiger partial charge in [0.25, 0.3) is 0 Å². The zero-order valence-corrected chi connectivity index (χ0v) is 13.1. The zero-order chi connectivity index (χ0) is 16.4. The molecule has 0 N–H and O–H groups in total. The van der Waals surface area contributed by atoms with Gasteiger partial charge < -0.3 is 4.52 Å². The van der Waals surface area contributed by atoms with Gasteiger partial charge in [0.1, 0.15) is 5.82 Å². The number of hydrogen-bond acceptors (Lipinski definition) is 5. The van der Waals surface area contributed by atoms with Crippen LogP contribution in [0.5, 0.6) is 0 Å². The third-order valence-electron chi connectivity index (χ3n) is 4.08. The molecule has 0 bridgehead atoms. The Morgan fingerprint density at radius 3 is 2.67 bits per heavy atom. The predicted molar refractivity (Wildman–Crippen MR) is 86.2 cm³/mol. The highest BCUT2D eigenvalue weighted by molar-refractivity contribution is 5.53. The lowest BCUT2D eigenvalue weighted by Gasteiger charge is -2.19. The fraction of sp³-hybridized carbons (Fsp3) is 0.278. The van der Waals surface area contributed by atoms with E-state index >= 15 is 0 Å². The molecule has 0 atom stereocenters. The second kappa shape index (κ2) is 6.49. The van der Waals surface area contributed by atoms with Crippen LogP contribution in [0.2, 0.25) is 0 Å². The van der Waals surface area contributed by atoms with Gasteiger partial charge in [-0.15, -0.1) is 0 Å². The summed E-state index contributed by atoms with van der Waals surface area (Å²) in [6.07, 6.45) is 6.05. The van der Waals surface area contributed by atoms with Crippen molar-refractivity contribution in [3.63, 3.8) is 0 Å². The summed E-state index contributed by atoms with van der Waals surface area (Å²) >= 11 is 0. The molecule has 1 aromatic carbocycles. The topological polar surface area (TPSA) is 55.1 Å². The molecule has 3 aromatic rings. The summed E-state index contributed by atoms with van der Waals surface area (Å²) in [6.45, 7) is 1.42. The van der Waals surface area contributed by atoms with Gasteiger partial charge in [0.05, 0.1) is 6.54 Å². The number of halogens is 1. The van der Waals surface area contributed by atoms with Crippen LogP contribution in [0.3, 0.4) is 0 Å². The van der Waals surface area contributed by atoms with Crippen LogP contribution in [0, 0.1) is 5.82 Å². The minimum atomic E-state index is -0.279. The Morgan fingerprint density at radius 2 is 1.96 bits per heavy atom. The molecule has 0 unspecified atom stereocenters. The molecule has 0 saturated heterocycles. The van der Waals surface area contributed by atoms with Gasteiger partial charge in [-0.2, -0.15) is 4.98 Å². The number of hydrogen-bond donors (Lipinski definition) is 0. The van der Waals surface area contributed by atoms with Gasteiger partial charge in [0.15, 0.2) is 0 Å². The molecule has 2 aromatic heterocycles. The van der Waals surface area contributed by atoms with Gasteiger partial charge in [-0.25, -0.2) is 4.39 Å². The largest absolute Gasteiger partial charge is 0.338 e. The maximum absolute atomic E-state index is 13.0. The standard InChI is InChI=1S/C18H17FN4O/c19-15-5-3-14(4-6-15)18-21-17(24-22-18)12-23(16-7-8-16)11-13-2-1-9-20-10-13/h1-6,9-10,16H,7-8,11-12H2. The molecule has 0 aliphatic heterocycles. The Bertz CT molecular complexity index is 799. The zero-order valence-electron chi connectivity index (χ0n) is 13.1. The molecule has 24 heavy (non-hydrogen) atoms. The normalized spacial score (nSPS) is 14.2. The van der Waals surface area contributed by atoms with E-state index in [0.717, 1.165) is 12.1 Å². The van der Waals surface area contributed by atoms with Crippen molar-refractivity contribution in [3.05, 3.63) is 66.1 Å². The molecule has 1 fully saturated rings. The van der Waals surface area contributed by atoms with Crippen LogP contribution in [-0.2, 0) is 13.1 Å². The van der Waals surface area contributed by atoms with E-state index in [1.165, 1.54) is 30.5 Å². The number of pyridine rings is 1. The average Bonchev–Trinajstić information content (AvgIpc) is 3.36. The van der Waals surface area contributed by atoms with E-state index in [9.17, 15) is 4.39 Å². The second-order valence-electron chi connectivity index (χ2n) is 6.02. The minimum absolute atomic E-state index is 0.279. The van der Waals surface area contributed by atoms with Crippen LogP contribution in [0.4, 0.5) is 4.39 Å². The molecule has 0 amide bonds. The van der Waals surface area contributed by atoms with Crippen LogP contribution in [-0.4, -0.2) is 26.1 Å². The molecule has 122 valence electrons. The van der Waals surface area contributed by atoms with Crippen molar-refractivity contribution in [1.82, 2.24) is 20.0 Å². The molecular formula is C18H17FN4O. The molecule has 2 heterocycles. The maximum Gasteiger partial charge on any atom is 0.241 e. The fourth-order valence-corrected chi connectivity index (χ4v) is 2.69. The van der Waals surface area contributed by atoms with Gasteiger partial charge >= 0.3 is 0 Å². The minimum Gasteiger partial charge on any atom is -0.338 e. The highest BCUT2D eigenvalue weighted by atomic mass is 19.1. The Kier molecular flexibility index (Phi) is 4.04. The van der Waals surface area contributed by atoms with Gasteiger partial charge in [0.2, 0.25) is 11.7 Å². The van der Waals surface area contributed by atoms with E-state index in [1.807, 2.05) is 12.3 Å². The Morgan fingerprint density at radius 1 is 1.12 bits per heavy atom. The fourth-order valence-electron chi connectivity index (χ4n) is 2.69. The summed E-state index contributed by atoms with van der Waals surface area (Å²) in [5, 5.41) is 4.01. The first-order valence-corrected chi connectivity index (χ1v) is 7.99. The van der Waals surface area contributed by atoms with Crippen molar-refractivity contribution in [2.75, 3.05) is 0 Å². The van der Waals surface area contributed by atoms with Crippen molar-refractivity contribution in [3.8, 4) is 11.4 Å². The first kappa shape index (κ1) is 15.0. The van der Waals surface area contributed by atoms with Crippen molar-refractivity contribution in [2.24, 2.45) is 0 Å². The SMILES string of the molecule is Fc1ccc(-c2noc(CN(Cc3cccnc3)C3CC3)n2)cc1. The molecule has 4 rings (SSSR count). The summed E-state index contributed by atoms with van der Waals surface area (Å²) in [5.74, 6) is 0.783. The first-order valence-electron chi connectivity index (χ1n) is 7.99. The van der Waals surface area contributed by atoms with Gasteiger partial charge in [-0.3, -0.25) is 9.88 Å². The number of benzene rings is 1. The quantitative estimate of drug-likeness (QED) is 0.695. The molecule has 0 spiro atoms. The second-order valence-corrected chi connectivity index (χ2v) is 6.02. The van der Waals surface area contributed by atoms with E-state index in [-0.39, 0.29) is 5.82 Å². The third kappa shape index (κ3) is 3.49. The lowest BCUT2D eigenvalue weighted by Crippen LogP contribution is -2.25. The van der Waals surface area contributed by atoms with Gasteiger partial charge in [-0.05, 0) is 48.7 Å². The summed E-state index contributed by atoms with van der Waals surface area (Å²) in [7, 11) is 0. The number of aromatic nitrogens is 3. The molecular weight excluding hydrogens is 307 g/mol. The highest BCUT2D eigenvalue weighted by Crippen LogP contribution is 2.29. The Labute approximate surface area is 139 Å². The third-order valence-corrected chi connectivity index (χ3v) is 4.08. The number of rotatable bonds is 6. The predicted octanol–water partition coefficient (Wildman–Crippen LogP) is 3.44. The lowest BCUT2D eigenvalue weighted by molar-refractivity contribution is 0.209. The molecule has 0 radical (unpaired) electrons.